The number of fused-ring (bicyclic) bond motifs is 3. The summed E-state index contributed by atoms with van der Waals surface area (Å²) in [5.74, 6) is 0.825. The average Bonchev–Trinajstić information content (AvgIpc) is 3.21. The Kier molecular flexibility index (Phi) is 6.20. The summed E-state index contributed by atoms with van der Waals surface area (Å²) in [5.41, 5.74) is 3.46. The maximum Gasteiger partial charge on any atom is 0.263 e. The van der Waals surface area contributed by atoms with Crippen LogP contribution in [0.4, 0.5) is 5.69 Å². The average molecular weight is 474 g/mol. The molecule has 34 heavy (non-hydrogen) atoms. The van der Waals surface area contributed by atoms with E-state index in [4.69, 9.17) is 9.72 Å². The molecule has 6 nitrogen and oxygen atoms in total. The summed E-state index contributed by atoms with van der Waals surface area (Å²) in [6, 6.07) is 15.2. The number of nitrogens with zero attached hydrogens (tertiary/aromatic N) is 2. The van der Waals surface area contributed by atoms with Crippen molar-refractivity contribution in [3.63, 3.8) is 0 Å². The Morgan fingerprint density at radius 1 is 1.15 bits per heavy atom. The number of para-hydroxylation sites is 2. The molecule has 1 aliphatic carbocycles. The Morgan fingerprint density at radius 2 is 1.97 bits per heavy atom. The van der Waals surface area contributed by atoms with Gasteiger partial charge >= 0.3 is 0 Å². The van der Waals surface area contributed by atoms with Gasteiger partial charge in [0.1, 0.15) is 22.9 Å². The molecule has 5 rings (SSSR count). The molecule has 0 aliphatic heterocycles. The van der Waals surface area contributed by atoms with Gasteiger partial charge in [0.05, 0.1) is 17.7 Å². The fraction of sp³-hybridized carbons (Fsp3) is 0.296. The van der Waals surface area contributed by atoms with Gasteiger partial charge in [-0.25, -0.2) is 4.98 Å². The molecule has 4 aromatic rings. The van der Waals surface area contributed by atoms with Crippen LogP contribution in [-0.2, 0) is 24.2 Å². The smallest absolute Gasteiger partial charge is 0.263 e. The molecule has 0 saturated heterocycles. The fourth-order valence-corrected chi connectivity index (χ4v) is 5.83. The molecule has 1 aliphatic rings. The van der Waals surface area contributed by atoms with Crippen LogP contribution in [0.5, 0.6) is 5.75 Å². The molecule has 0 saturated carbocycles. The number of hydrogen-bond donors (Lipinski definition) is 1. The summed E-state index contributed by atoms with van der Waals surface area (Å²) >= 11 is 1.62. The van der Waals surface area contributed by atoms with Crippen molar-refractivity contribution in [2.24, 2.45) is 0 Å². The van der Waals surface area contributed by atoms with Crippen LogP contribution in [0.1, 0.15) is 35.8 Å². The van der Waals surface area contributed by atoms with E-state index in [1.165, 1.54) is 9.44 Å². The lowest BCUT2D eigenvalue weighted by Gasteiger charge is -2.15. The van der Waals surface area contributed by atoms with Crippen molar-refractivity contribution in [1.29, 1.82) is 0 Å². The van der Waals surface area contributed by atoms with Crippen LogP contribution in [0.3, 0.4) is 0 Å². The highest BCUT2D eigenvalue weighted by Gasteiger charge is 2.23. The minimum absolute atomic E-state index is 0.129. The molecule has 2 heterocycles. The monoisotopic (exact) mass is 473 g/mol. The molecule has 7 heteroatoms. The highest BCUT2D eigenvalue weighted by Crippen LogP contribution is 2.35. The lowest BCUT2D eigenvalue weighted by atomic mass is 9.97. The van der Waals surface area contributed by atoms with E-state index >= 15 is 0 Å². The lowest BCUT2D eigenvalue weighted by Crippen LogP contribution is -2.30. The normalized spacial score (nSPS) is 13.0. The molecule has 1 amide bonds. The van der Waals surface area contributed by atoms with E-state index in [9.17, 15) is 9.59 Å². The molecule has 0 bridgehead atoms. The zero-order valence-corrected chi connectivity index (χ0v) is 20.2. The first-order valence-corrected chi connectivity index (χ1v) is 12.5. The van der Waals surface area contributed by atoms with Crippen LogP contribution in [0.25, 0.3) is 21.6 Å². The number of hydrogen-bond acceptors (Lipinski definition) is 5. The quantitative estimate of drug-likeness (QED) is 0.410. The third-order valence-corrected chi connectivity index (χ3v) is 7.30. The second-order valence-corrected chi connectivity index (χ2v) is 9.65. The number of carbonyl (C=O) groups is 1. The fourth-order valence-electron chi connectivity index (χ4n) is 4.57. The van der Waals surface area contributed by atoms with Crippen molar-refractivity contribution in [1.82, 2.24) is 9.55 Å². The van der Waals surface area contributed by atoms with Gasteiger partial charge in [-0.1, -0.05) is 35.9 Å². The van der Waals surface area contributed by atoms with Crippen molar-refractivity contribution in [3.05, 3.63) is 74.9 Å². The maximum atomic E-state index is 13.8. The Hall–Kier alpha value is -3.45. The second kappa shape index (κ2) is 9.43. The summed E-state index contributed by atoms with van der Waals surface area (Å²) in [7, 11) is 0. The molecule has 0 spiro atoms. The topological polar surface area (TPSA) is 73.2 Å². The van der Waals surface area contributed by atoms with Crippen LogP contribution >= 0.6 is 11.3 Å². The summed E-state index contributed by atoms with van der Waals surface area (Å²) in [6.45, 7) is 4.27. The van der Waals surface area contributed by atoms with E-state index in [0.29, 0.717) is 29.3 Å². The Balaban J connectivity index is 1.60. The molecular formula is C27H27N3O3S. The van der Waals surface area contributed by atoms with E-state index in [0.717, 1.165) is 47.2 Å². The number of benzene rings is 2. The van der Waals surface area contributed by atoms with Crippen molar-refractivity contribution in [3.8, 4) is 17.1 Å². The van der Waals surface area contributed by atoms with E-state index in [1.807, 2.05) is 56.3 Å². The Bertz CT molecular complexity index is 1440. The van der Waals surface area contributed by atoms with Gasteiger partial charge in [-0.15, -0.1) is 11.3 Å². The first kappa shape index (κ1) is 22.3. The highest BCUT2D eigenvalue weighted by atomic mass is 32.1. The van der Waals surface area contributed by atoms with Crippen molar-refractivity contribution >= 4 is 33.1 Å². The predicted molar refractivity (Wildman–Crippen MR) is 137 cm³/mol. The van der Waals surface area contributed by atoms with Gasteiger partial charge in [0.2, 0.25) is 5.91 Å². The molecular weight excluding hydrogens is 446 g/mol. The van der Waals surface area contributed by atoms with Crippen molar-refractivity contribution in [2.75, 3.05) is 11.9 Å². The van der Waals surface area contributed by atoms with E-state index in [2.05, 4.69) is 5.32 Å². The van der Waals surface area contributed by atoms with E-state index in [-0.39, 0.29) is 18.0 Å². The molecule has 2 aromatic heterocycles. The molecule has 2 aromatic carbocycles. The number of anilines is 1. The third-order valence-electron chi connectivity index (χ3n) is 6.11. The van der Waals surface area contributed by atoms with Crippen molar-refractivity contribution < 1.29 is 9.53 Å². The maximum absolute atomic E-state index is 13.8. The number of rotatable bonds is 6. The van der Waals surface area contributed by atoms with E-state index < -0.39 is 0 Å². The summed E-state index contributed by atoms with van der Waals surface area (Å²) in [5, 5.41) is 3.60. The number of aryl methyl sites for hydroxylation is 3. The number of ether oxygens (including phenoxy) is 1. The van der Waals surface area contributed by atoms with Crippen LogP contribution in [0, 0.1) is 6.92 Å². The number of amides is 1. The predicted octanol–water partition coefficient (Wildman–Crippen LogP) is 5.35. The number of thiophene rings is 1. The van der Waals surface area contributed by atoms with Crippen molar-refractivity contribution in [2.45, 2.75) is 46.1 Å². The molecule has 1 N–H and O–H groups in total. The van der Waals surface area contributed by atoms with Gasteiger partial charge in [-0.3, -0.25) is 14.2 Å². The van der Waals surface area contributed by atoms with Crippen LogP contribution in [0.15, 0.2) is 53.3 Å². The molecule has 174 valence electrons. The summed E-state index contributed by atoms with van der Waals surface area (Å²) in [4.78, 5) is 33.9. The Morgan fingerprint density at radius 3 is 2.79 bits per heavy atom. The summed E-state index contributed by atoms with van der Waals surface area (Å²) < 4.78 is 7.16. The minimum Gasteiger partial charge on any atom is -0.492 e. The van der Waals surface area contributed by atoms with Gasteiger partial charge in [-0.05, 0) is 63.3 Å². The van der Waals surface area contributed by atoms with Gasteiger partial charge in [0.25, 0.3) is 5.56 Å². The van der Waals surface area contributed by atoms with Crippen LogP contribution < -0.4 is 15.6 Å². The zero-order chi connectivity index (χ0) is 23.7. The standard InChI is InChI=1S/C27H27N3O3S/c1-3-33-21-13-6-5-12-20(21)28-23(31)16-30-25(18-10-8-9-17(2)15-18)29-26-24(27(30)32)19-11-4-7-14-22(19)34-26/h5-6,8-10,12-13,15H,3-4,7,11,14,16H2,1-2H3,(H,28,31). The SMILES string of the molecule is CCOc1ccccc1NC(=O)Cn1c(-c2cccc(C)c2)nc2sc3c(c2c1=O)CCCC3. The number of nitrogens with one attached hydrogen (secondary N) is 1. The highest BCUT2D eigenvalue weighted by molar-refractivity contribution is 7.18. The second-order valence-electron chi connectivity index (χ2n) is 8.56. The molecule has 0 atom stereocenters. The van der Waals surface area contributed by atoms with Gasteiger partial charge in [0.15, 0.2) is 0 Å². The zero-order valence-electron chi connectivity index (χ0n) is 19.4. The van der Waals surface area contributed by atoms with Gasteiger partial charge in [-0.2, -0.15) is 0 Å². The first-order chi connectivity index (χ1) is 16.5. The van der Waals surface area contributed by atoms with Crippen LogP contribution in [0.2, 0.25) is 0 Å². The minimum atomic E-state index is -0.298. The van der Waals surface area contributed by atoms with E-state index in [1.54, 1.807) is 17.4 Å². The van der Waals surface area contributed by atoms with Crippen LogP contribution in [-0.4, -0.2) is 22.1 Å². The third kappa shape index (κ3) is 4.23. The van der Waals surface area contributed by atoms with Gasteiger partial charge < -0.3 is 10.1 Å². The Labute approximate surface area is 202 Å². The molecule has 0 unspecified atom stereocenters. The number of aromatic nitrogens is 2. The first-order valence-electron chi connectivity index (χ1n) is 11.7. The largest absolute Gasteiger partial charge is 0.492 e. The summed E-state index contributed by atoms with van der Waals surface area (Å²) in [6.07, 6.45) is 4.10. The molecule has 0 fully saturated rings. The lowest BCUT2D eigenvalue weighted by molar-refractivity contribution is -0.116. The molecule has 0 radical (unpaired) electrons. The number of carbonyl (C=O) groups excluding carboxylic acids is 1. The van der Waals surface area contributed by atoms with Gasteiger partial charge in [0, 0.05) is 10.4 Å².